The Balaban J connectivity index is 2.18. The van der Waals surface area contributed by atoms with Crippen LogP contribution in [0.25, 0.3) is 0 Å². The predicted octanol–water partition coefficient (Wildman–Crippen LogP) is 2.48. The molecule has 1 saturated carbocycles. The summed E-state index contributed by atoms with van der Waals surface area (Å²) in [5, 5.41) is 10.7. The Bertz CT molecular complexity index is 402. The first-order chi connectivity index (χ1) is 7.70. The number of pyridine rings is 1. The fourth-order valence-electron chi connectivity index (χ4n) is 1.64. The monoisotopic (exact) mass is 222 g/mol. The Morgan fingerprint density at radius 1 is 1.62 bits per heavy atom. The first kappa shape index (κ1) is 10.9. The Morgan fingerprint density at radius 3 is 2.88 bits per heavy atom. The highest BCUT2D eigenvalue weighted by Crippen LogP contribution is 2.27. The van der Waals surface area contributed by atoms with Crippen LogP contribution in [0.3, 0.4) is 0 Å². The van der Waals surface area contributed by atoms with Gasteiger partial charge in [0, 0.05) is 11.6 Å². The van der Waals surface area contributed by atoms with E-state index in [-0.39, 0.29) is 11.8 Å². The topological polar surface area (TPSA) is 65.3 Å². The molecule has 1 aromatic rings. The molecule has 5 nitrogen and oxygen atoms in total. The highest BCUT2D eigenvalue weighted by molar-refractivity contribution is 5.40. The minimum Gasteiger partial charge on any atom is -0.474 e. The van der Waals surface area contributed by atoms with E-state index in [0.29, 0.717) is 17.9 Å². The molecule has 1 aromatic heterocycles. The zero-order chi connectivity index (χ0) is 11.5. The van der Waals surface area contributed by atoms with Gasteiger partial charge in [0.05, 0.1) is 4.92 Å². The van der Waals surface area contributed by atoms with Crippen LogP contribution in [0.5, 0.6) is 5.88 Å². The van der Waals surface area contributed by atoms with Crippen molar-refractivity contribution in [1.82, 2.24) is 4.98 Å². The minimum absolute atomic E-state index is 0.0726. The number of aryl methyl sites for hydroxylation is 1. The Labute approximate surface area is 93.6 Å². The van der Waals surface area contributed by atoms with Crippen molar-refractivity contribution in [2.24, 2.45) is 0 Å². The van der Waals surface area contributed by atoms with E-state index in [2.05, 4.69) is 4.98 Å². The van der Waals surface area contributed by atoms with Gasteiger partial charge in [-0.15, -0.1) is 0 Å². The average molecular weight is 222 g/mol. The summed E-state index contributed by atoms with van der Waals surface area (Å²) in [7, 11) is 0. The first-order valence-corrected chi connectivity index (χ1v) is 5.50. The Kier molecular flexibility index (Phi) is 3.03. The molecular formula is C11H14N2O3. The molecule has 0 N–H and O–H groups in total. The van der Waals surface area contributed by atoms with E-state index in [4.69, 9.17) is 4.74 Å². The van der Waals surface area contributed by atoms with Gasteiger partial charge in [-0.2, -0.15) is 0 Å². The SMILES string of the molecule is CCc1cc(OC2CCC2)ncc1[N+](=O)[O-]. The van der Waals surface area contributed by atoms with Crippen LogP contribution in [0.2, 0.25) is 0 Å². The normalized spacial score (nSPS) is 15.6. The Hall–Kier alpha value is -1.65. The van der Waals surface area contributed by atoms with E-state index < -0.39 is 4.92 Å². The van der Waals surface area contributed by atoms with Crippen LogP contribution in [0.15, 0.2) is 12.3 Å². The zero-order valence-electron chi connectivity index (χ0n) is 9.18. The van der Waals surface area contributed by atoms with E-state index in [1.807, 2.05) is 6.92 Å². The van der Waals surface area contributed by atoms with Crippen molar-refractivity contribution in [1.29, 1.82) is 0 Å². The third-order valence-corrected chi connectivity index (χ3v) is 2.86. The fourth-order valence-corrected chi connectivity index (χ4v) is 1.64. The number of nitro groups is 1. The molecule has 0 bridgehead atoms. The molecule has 2 rings (SSSR count). The van der Waals surface area contributed by atoms with Gasteiger partial charge in [0.1, 0.15) is 12.3 Å². The summed E-state index contributed by atoms with van der Waals surface area (Å²) in [6.45, 7) is 1.88. The van der Waals surface area contributed by atoms with Gasteiger partial charge in [-0.05, 0) is 25.7 Å². The average Bonchev–Trinajstić information content (AvgIpc) is 2.23. The molecule has 0 amide bonds. The lowest BCUT2D eigenvalue weighted by molar-refractivity contribution is -0.385. The third kappa shape index (κ3) is 2.13. The lowest BCUT2D eigenvalue weighted by Gasteiger charge is -2.25. The molecule has 0 aromatic carbocycles. The lowest BCUT2D eigenvalue weighted by atomic mass is 9.96. The second kappa shape index (κ2) is 4.47. The number of aromatic nitrogens is 1. The van der Waals surface area contributed by atoms with Crippen LogP contribution in [0, 0.1) is 10.1 Å². The maximum atomic E-state index is 10.7. The van der Waals surface area contributed by atoms with Gasteiger partial charge in [0.25, 0.3) is 5.69 Å². The van der Waals surface area contributed by atoms with Crippen molar-refractivity contribution >= 4 is 5.69 Å². The van der Waals surface area contributed by atoms with Crippen molar-refractivity contribution in [3.05, 3.63) is 27.9 Å². The summed E-state index contributed by atoms with van der Waals surface area (Å²) in [4.78, 5) is 14.3. The molecular weight excluding hydrogens is 208 g/mol. The molecule has 0 saturated heterocycles. The molecule has 0 aliphatic heterocycles. The van der Waals surface area contributed by atoms with E-state index in [1.54, 1.807) is 6.07 Å². The molecule has 1 aliphatic rings. The van der Waals surface area contributed by atoms with Gasteiger partial charge < -0.3 is 4.74 Å². The van der Waals surface area contributed by atoms with Crippen LogP contribution in [-0.4, -0.2) is 16.0 Å². The van der Waals surface area contributed by atoms with Gasteiger partial charge in [0.2, 0.25) is 5.88 Å². The highest BCUT2D eigenvalue weighted by Gasteiger charge is 2.21. The highest BCUT2D eigenvalue weighted by atomic mass is 16.6. The van der Waals surface area contributed by atoms with Crippen molar-refractivity contribution in [3.8, 4) is 5.88 Å². The molecule has 5 heteroatoms. The maximum absolute atomic E-state index is 10.7. The summed E-state index contributed by atoms with van der Waals surface area (Å²) in [6, 6.07) is 1.68. The second-order valence-electron chi connectivity index (χ2n) is 3.93. The number of rotatable bonds is 4. The summed E-state index contributed by atoms with van der Waals surface area (Å²) in [6.07, 6.45) is 5.45. The van der Waals surface area contributed by atoms with Crippen LogP contribution in [0.4, 0.5) is 5.69 Å². The summed E-state index contributed by atoms with van der Waals surface area (Å²) in [5.41, 5.74) is 0.748. The number of hydrogen-bond acceptors (Lipinski definition) is 4. The van der Waals surface area contributed by atoms with Crippen molar-refractivity contribution in [2.45, 2.75) is 38.7 Å². The summed E-state index contributed by atoms with van der Waals surface area (Å²) < 4.78 is 5.59. The second-order valence-corrected chi connectivity index (χ2v) is 3.93. The smallest absolute Gasteiger partial charge is 0.290 e. The van der Waals surface area contributed by atoms with Gasteiger partial charge in [0.15, 0.2) is 0 Å². The molecule has 0 radical (unpaired) electrons. The molecule has 1 aliphatic carbocycles. The van der Waals surface area contributed by atoms with Crippen LogP contribution in [-0.2, 0) is 6.42 Å². The molecule has 86 valence electrons. The van der Waals surface area contributed by atoms with E-state index in [0.717, 1.165) is 12.8 Å². The van der Waals surface area contributed by atoms with Crippen LogP contribution >= 0.6 is 0 Å². The minimum atomic E-state index is -0.404. The third-order valence-electron chi connectivity index (χ3n) is 2.86. The number of nitrogens with zero attached hydrogens (tertiary/aromatic N) is 2. The lowest BCUT2D eigenvalue weighted by Crippen LogP contribution is -2.25. The largest absolute Gasteiger partial charge is 0.474 e. The molecule has 0 spiro atoms. The van der Waals surface area contributed by atoms with Crippen molar-refractivity contribution in [2.75, 3.05) is 0 Å². The summed E-state index contributed by atoms with van der Waals surface area (Å²) in [5.74, 6) is 0.507. The predicted molar refractivity (Wildman–Crippen MR) is 58.5 cm³/mol. The summed E-state index contributed by atoms with van der Waals surface area (Å²) >= 11 is 0. The maximum Gasteiger partial charge on any atom is 0.290 e. The standard InChI is InChI=1S/C11H14N2O3/c1-2-8-6-11(16-9-4-3-5-9)12-7-10(8)13(14)15/h6-7,9H,2-5H2,1H3. The molecule has 0 unspecified atom stereocenters. The first-order valence-electron chi connectivity index (χ1n) is 5.50. The zero-order valence-corrected chi connectivity index (χ0v) is 9.18. The molecule has 0 atom stereocenters. The number of ether oxygens (including phenoxy) is 1. The molecule has 16 heavy (non-hydrogen) atoms. The molecule has 1 fully saturated rings. The van der Waals surface area contributed by atoms with E-state index >= 15 is 0 Å². The molecule has 1 heterocycles. The van der Waals surface area contributed by atoms with Gasteiger partial charge in [-0.1, -0.05) is 6.92 Å². The Morgan fingerprint density at radius 2 is 2.38 bits per heavy atom. The van der Waals surface area contributed by atoms with Crippen LogP contribution < -0.4 is 4.74 Å². The van der Waals surface area contributed by atoms with Crippen LogP contribution in [0.1, 0.15) is 31.7 Å². The quantitative estimate of drug-likeness (QED) is 0.579. The van der Waals surface area contributed by atoms with Gasteiger partial charge in [-0.25, -0.2) is 4.98 Å². The van der Waals surface area contributed by atoms with Crippen molar-refractivity contribution < 1.29 is 9.66 Å². The van der Waals surface area contributed by atoms with E-state index in [9.17, 15) is 10.1 Å². The van der Waals surface area contributed by atoms with Crippen molar-refractivity contribution in [3.63, 3.8) is 0 Å². The van der Waals surface area contributed by atoms with E-state index in [1.165, 1.54) is 12.6 Å². The van der Waals surface area contributed by atoms with Gasteiger partial charge in [-0.3, -0.25) is 10.1 Å². The number of hydrogen-bond donors (Lipinski definition) is 0. The van der Waals surface area contributed by atoms with Gasteiger partial charge >= 0.3 is 0 Å². The fraction of sp³-hybridized carbons (Fsp3) is 0.545.